The number of aromatic amines is 2. The molecular formula is C15H20N6O2S. The number of aromatic nitrogens is 5. The molecule has 0 spiro atoms. The lowest BCUT2D eigenvalue weighted by molar-refractivity contribution is 0.0925. The fraction of sp³-hybridized carbons (Fsp3) is 0.533. The van der Waals surface area contributed by atoms with Gasteiger partial charge in [-0.05, 0) is 42.4 Å². The maximum Gasteiger partial charge on any atom is 0.268 e. The van der Waals surface area contributed by atoms with Gasteiger partial charge in [-0.2, -0.15) is 17.0 Å². The summed E-state index contributed by atoms with van der Waals surface area (Å²) in [6.45, 7) is 6.14. The third-order valence-electron chi connectivity index (χ3n) is 4.08. The van der Waals surface area contributed by atoms with Gasteiger partial charge in [0, 0.05) is 10.8 Å². The number of nitrogens with one attached hydrogen (secondary N) is 3. The number of H-pyrrole nitrogens is 2. The molecule has 24 heavy (non-hydrogen) atoms. The highest BCUT2D eigenvalue weighted by atomic mass is 32.2. The highest BCUT2D eigenvalue weighted by Gasteiger charge is 2.30. The Bertz CT molecular complexity index is 799. The summed E-state index contributed by atoms with van der Waals surface area (Å²) < 4.78 is 0.154. The zero-order chi connectivity index (χ0) is 17.3. The molecule has 2 aromatic heterocycles. The molecule has 1 amide bonds. The van der Waals surface area contributed by atoms with Gasteiger partial charge in [-0.25, -0.2) is 0 Å². The number of carbonyl (C=O) groups is 1. The van der Waals surface area contributed by atoms with Crippen LogP contribution in [0.3, 0.4) is 0 Å². The summed E-state index contributed by atoms with van der Waals surface area (Å²) in [7, 11) is 0. The SMILES string of the molecule is Cc1cc(-c2nn[nH]n2)c(=O)[nH]c1C(=O)NC1CCSC(C)(C)C1. The molecule has 0 saturated carbocycles. The second-order valence-electron chi connectivity index (χ2n) is 6.58. The number of hydrogen-bond donors (Lipinski definition) is 3. The van der Waals surface area contributed by atoms with Crippen molar-refractivity contribution in [3.05, 3.63) is 27.7 Å². The number of nitrogens with zero attached hydrogens (tertiary/aromatic N) is 3. The van der Waals surface area contributed by atoms with Gasteiger partial charge in [0.25, 0.3) is 11.5 Å². The van der Waals surface area contributed by atoms with Crippen LogP contribution in [0.1, 0.15) is 42.7 Å². The van der Waals surface area contributed by atoms with Crippen LogP contribution >= 0.6 is 11.8 Å². The molecule has 0 bridgehead atoms. The van der Waals surface area contributed by atoms with E-state index in [4.69, 9.17) is 0 Å². The summed E-state index contributed by atoms with van der Waals surface area (Å²) >= 11 is 1.92. The minimum atomic E-state index is -0.410. The van der Waals surface area contributed by atoms with Crippen LogP contribution in [-0.2, 0) is 0 Å². The first-order chi connectivity index (χ1) is 11.4. The van der Waals surface area contributed by atoms with Gasteiger partial charge in [0.1, 0.15) is 5.69 Å². The van der Waals surface area contributed by atoms with Gasteiger partial charge in [-0.1, -0.05) is 13.8 Å². The summed E-state index contributed by atoms with van der Waals surface area (Å²) in [5.74, 6) is 0.971. The molecule has 0 aromatic carbocycles. The molecule has 0 radical (unpaired) electrons. The fourth-order valence-electron chi connectivity index (χ4n) is 2.92. The van der Waals surface area contributed by atoms with E-state index >= 15 is 0 Å². The van der Waals surface area contributed by atoms with Crippen molar-refractivity contribution in [2.75, 3.05) is 5.75 Å². The quantitative estimate of drug-likeness (QED) is 0.769. The van der Waals surface area contributed by atoms with Gasteiger partial charge in [-0.15, -0.1) is 10.2 Å². The number of hydrogen-bond acceptors (Lipinski definition) is 6. The predicted molar refractivity (Wildman–Crippen MR) is 92.0 cm³/mol. The Balaban J connectivity index is 1.81. The first kappa shape index (κ1) is 16.7. The Hall–Kier alpha value is -2.16. The largest absolute Gasteiger partial charge is 0.348 e. The highest BCUT2D eigenvalue weighted by molar-refractivity contribution is 8.00. The average Bonchev–Trinajstić information content (AvgIpc) is 3.02. The second-order valence-corrected chi connectivity index (χ2v) is 8.38. The maximum atomic E-state index is 12.6. The molecule has 1 aliphatic heterocycles. The number of amides is 1. The predicted octanol–water partition coefficient (Wildman–Crippen LogP) is 1.27. The molecule has 9 heteroatoms. The number of carbonyl (C=O) groups excluding carboxylic acids is 1. The molecule has 1 fully saturated rings. The second kappa shape index (κ2) is 6.39. The van der Waals surface area contributed by atoms with Crippen LogP contribution in [0.2, 0.25) is 0 Å². The van der Waals surface area contributed by atoms with Gasteiger partial charge in [0.2, 0.25) is 5.82 Å². The van der Waals surface area contributed by atoms with Crippen molar-refractivity contribution >= 4 is 17.7 Å². The third-order valence-corrected chi connectivity index (χ3v) is 5.47. The summed E-state index contributed by atoms with van der Waals surface area (Å²) in [6.07, 6.45) is 1.84. The number of tetrazole rings is 1. The first-order valence-electron chi connectivity index (χ1n) is 7.78. The van der Waals surface area contributed by atoms with Crippen LogP contribution in [0.5, 0.6) is 0 Å². The minimum absolute atomic E-state index is 0.119. The highest BCUT2D eigenvalue weighted by Crippen LogP contribution is 2.35. The molecule has 128 valence electrons. The van der Waals surface area contributed by atoms with E-state index in [1.807, 2.05) is 11.8 Å². The van der Waals surface area contributed by atoms with E-state index in [9.17, 15) is 9.59 Å². The standard InChI is InChI=1S/C15H20N6O2S/c1-8-6-10(12-18-20-21-19-12)13(22)17-11(8)14(23)16-9-4-5-24-15(2,3)7-9/h6,9H,4-5,7H2,1-3H3,(H,16,23)(H,17,22)(H,18,19,20,21). The average molecular weight is 348 g/mol. The molecule has 1 saturated heterocycles. The van der Waals surface area contributed by atoms with Gasteiger partial charge in [-0.3, -0.25) is 9.59 Å². The Kier molecular flexibility index (Phi) is 4.44. The Morgan fingerprint density at radius 3 is 2.92 bits per heavy atom. The van der Waals surface area contributed by atoms with Crippen LogP contribution in [-0.4, -0.2) is 48.1 Å². The van der Waals surface area contributed by atoms with Crippen molar-refractivity contribution in [1.29, 1.82) is 0 Å². The normalized spacial score (nSPS) is 19.9. The smallest absolute Gasteiger partial charge is 0.268 e. The van der Waals surface area contributed by atoms with E-state index in [1.54, 1.807) is 13.0 Å². The van der Waals surface area contributed by atoms with Gasteiger partial charge in [0.05, 0.1) is 5.56 Å². The maximum absolute atomic E-state index is 12.6. The van der Waals surface area contributed by atoms with Crippen LogP contribution in [0.4, 0.5) is 0 Å². The summed E-state index contributed by atoms with van der Waals surface area (Å²) in [5.41, 5.74) is 0.819. The van der Waals surface area contributed by atoms with Crippen molar-refractivity contribution in [3.8, 4) is 11.4 Å². The molecule has 3 heterocycles. The molecule has 3 N–H and O–H groups in total. The molecule has 1 aliphatic rings. The van der Waals surface area contributed by atoms with Crippen LogP contribution < -0.4 is 10.9 Å². The van der Waals surface area contributed by atoms with E-state index < -0.39 is 5.56 Å². The van der Waals surface area contributed by atoms with Gasteiger partial charge in [0.15, 0.2) is 0 Å². The number of rotatable bonds is 3. The van der Waals surface area contributed by atoms with E-state index in [0.717, 1.165) is 18.6 Å². The molecule has 1 atom stereocenters. The van der Waals surface area contributed by atoms with Crippen molar-refractivity contribution in [2.24, 2.45) is 0 Å². The molecule has 0 aliphatic carbocycles. The Labute approximate surface area is 143 Å². The zero-order valence-electron chi connectivity index (χ0n) is 13.8. The monoisotopic (exact) mass is 348 g/mol. The van der Waals surface area contributed by atoms with Crippen molar-refractivity contribution in [3.63, 3.8) is 0 Å². The third kappa shape index (κ3) is 3.50. The van der Waals surface area contributed by atoms with E-state index in [-0.39, 0.29) is 33.8 Å². The lowest BCUT2D eigenvalue weighted by Crippen LogP contribution is -2.43. The van der Waals surface area contributed by atoms with Crippen molar-refractivity contribution in [2.45, 2.75) is 44.4 Å². The van der Waals surface area contributed by atoms with Crippen LogP contribution in [0.15, 0.2) is 10.9 Å². The lowest BCUT2D eigenvalue weighted by atomic mass is 9.99. The molecule has 1 unspecified atom stereocenters. The van der Waals surface area contributed by atoms with E-state index in [2.05, 4.69) is 44.8 Å². The number of pyridine rings is 1. The molecular weight excluding hydrogens is 328 g/mol. The van der Waals surface area contributed by atoms with Crippen LogP contribution in [0.25, 0.3) is 11.4 Å². The molecule has 2 aromatic rings. The summed E-state index contributed by atoms with van der Waals surface area (Å²) in [4.78, 5) is 27.4. The summed E-state index contributed by atoms with van der Waals surface area (Å²) in [6, 6.07) is 1.73. The van der Waals surface area contributed by atoms with Gasteiger partial charge >= 0.3 is 0 Å². The molecule has 8 nitrogen and oxygen atoms in total. The number of thioether (sulfide) groups is 1. The topological polar surface area (TPSA) is 116 Å². The van der Waals surface area contributed by atoms with Crippen molar-refractivity contribution < 1.29 is 4.79 Å². The fourth-order valence-corrected chi connectivity index (χ4v) is 4.20. The van der Waals surface area contributed by atoms with E-state index in [1.165, 1.54) is 0 Å². The Morgan fingerprint density at radius 2 is 2.25 bits per heavy atom. The zero-order valence-corrected chi connectivity index (χ0v) is 14.7. The minimum Gasteiger partial charge on any atom is -0.348 e. The van der Waals surface area contributed by atoms with Crippen LogP contribution in [0, 0.1) is 6.92 Å². The first-order valence-corrected chi connectivity index (χ1v) is 8.77. The van der Waals surface area contributed by atoms with E-state index in [0.29, 0.717) is 5.56 Å². The molecule has 3 rings (SSSR count). The lowest BCUT2D eigenvalue weighted by Gasteiger charge is -2.35. The van der Waals surface area contributed by atoms with Gasteiger partial charge < -0.3 is 10.3 Å². The summed E-state index contributed by atoms with van der Waals surface area (Å²) in [5, 5.41) is 16.4. The Morgan fingerprint density at radius 1 is 1.46 bits per heavy atom. The number of aryl methyl sites for hydroxylation is 1. The van der Waals surface area contributed by atoms with Crippen molar-refractivity contribution in [1.82, 2.24) is 30.9 Å².